The number of hydrogen-bond acceptors (Lipinski definition) is 5. The van der Waals surface area contributed by atoms with Crippen molar-refractivity contribution in [3.05, 3.63) is 77.1 Å². The predicted octanol–water partition coefficient (Wildman–Crippen LogP) is 3.79. The summed E-state index contributed by atoms with van der Waals surface area (Å²) in [6.07, 6.45) is 1.12. The summed E-state index contributed by atoms with van der Waals surface area (Å²) in [5.41, 5.74) is 3.89. The summed E-state index contributed by atoms with van der Waals surface area (Å²) < 4.78 is 0. The number of aliphatic hydroxyl groups is 1. The van der Waals surface area contributed by atoms with Gasteiger partial charge in [0.1, 0.15) is 17.8 Å². The number of amidine groups is 1. The highest BCUT2D eigenvalue weighted by molar-refractivity contribution is 6.08. The third-order valence-electron chi connectivity index (χ3n) is 4.39. The normalized spacial score (nSPS) is 14.9. The molecule has 1 atom stereocenters. The number of benzene rings is 2. The van der Waals surface area contributed by atoms with Crippen molar-refractivity contribution < 1.29 is 5.11 Å². The number of aliphatic hydroxyl groups excluding tert-OH is 1. The lowest BCUT2D eigenvalue weighted by atomic mass is 10.1. The van der Waals surface area contributed by atoms with Crippen LogP contribution in [0.5, 0.6) is 0 Å². The van der Waals surface area contributed by atoms with Crippen molar-refractivity contribution in [2.45, 2.75) is 20.0 Å². The van der Waals surface area contributed by atoms with Gasteiger partial charge in [-0.1, -0.05) is 42.0 Å². The van der Waals surface area contributed by atoms with Crippen LogP contribution < -0.4 is 5.32 Å². The van der Waals surface area contributed by atoms with Crippen LogP contribution in [-0.4, -0.2) is 27.5 Å². The number of aromatic nitrogens is 2. The Morgan fingerprint density at radius 3 is 2.50 bits per heavy atom. The topological polar surface area (TPSA) is 70.4 Å². The Morgan fingerprint density at radius 1 is 1.00 bits per heavy atom. The Balaban J connectivity index is 1.77. The van der Waals surface area contributed by atoms with Crippen molar-refractivity contribution in [3.63, 3.8) is 0 Å². The standard InChI is InChI=1S/C21H20N4O/c1-13-7-9-15(10-8-13)19(26)21-23-17-6-4-3-5-16(17)20(25-21)24-18-11-14(2)12-22-18/h3-11,19,26H,12H2,1-2H3,(H,22,23,24,25)/t19-/m0/s1. The van der Waals surface area contributed by atoms with Gasteiger partial charge >= 0.3 is 0 Å². The Morgan fingerprint density at radius 2 is 1.77 bits per heavy atom. The summed E-state index contributed by atoms with van der Waals surface area (Å²) >= 11 is 0. The minimum Gasteiger partial charge on any atom is -0.380 e. The molecule has 2 N–H and O–H groups in total. The quantitative estimate of drug-likeness (QED) is 0.758. The van der Waals surface area contributed by atoms with Crippen LogP contribution in [0.15, 0.2) is 65.2 Å². The molecule has 1 aliphatic rings. The molecule has 130 valence electrons. The molecule has 2 heterocycles. The van der Waals surface area contributed by atoms with E-state index in [9.17, 15) is 5.11 Å². The van der Waals surface area contributed by atoms with Crippen molar-refractivity contribution in [3.8, 4) is 0 Å². The monoisotopic (exact) mass is 344 g/mol. The number of nitrogens with one attached hydrogen (secondary N) is 1. The molecule has 0 saturated heterocycles. The van der Waals surface area contributed by atoms with E-state index in [2.05, 4.69) is 20.3 Å². The molecule has 26 heavy (non-hydrogen) atoms. The maximum atomic E-state index is 10.8. The number of aliphatic imine (C=N–C) groups is 1. The molecule has 3 aromatic rings. The molecule has 0 aliphatic carbocycles. The fourth-order valence-electron chi connectivity index (χ4n) is 2.94. The van der Waals surface area contributed by atoms with Crippen LogP contribution in [0, 0.1) is 6.92 Å². The van der Waals surface area contributed by atoms with E-state index in [0.717, 1.165) is 27.9 Å². The van der Waals surface area contributed by atoms with E-state index in [0.29, 0.717) is 18.2 Å². The van der Waals surface area contributed by atoms with Crippen LogP contribution in [-0.2, 0) is 0 Å². The second kappa shape index (κ2) is 6.69. The fourth-order valence-corrected chi connectivity index (χ4v) is 2.94. The van der Waals surface area contributed by atoms with Gasteiger partial charge in [-0.2, -0.15) is 0 Å². The summed E-state index contributed by atoms with van der Waals surface area (Å²) in [7, 11) is 0. The highest BCUT2D eigenvalue weighted by atomic mass is 16.3. The number of nitrogens with zero attached hydrogens (tertiary/aromatic N) is 3. The first-order valence-corrected chi connectivity index (χ1v) is 8.60. The molecule has 1 aliphatic heterocycles. The van der Waals surface area contributed by atoms with Crippen molar-refractivity contribution >= 4 is 22.6 Å². The molecule has 4 rings (SSSR count). The first-order valence-electron chi connectivity index (χ1n) is 8.60. The lowest BCUT2D eigenvalue weighted by molar-refractivity contribution is 0.210. The molecule has 2 aromatic carbocycles. The molecule has 0 saturated carbocycles. The van der Waals surface area contributed by atoms with Crippen molar-refractivity contribution in [1.82, 2.24) is 9.97 Å². The molecule has 0 fully saturated rings. The number of para-hydroxylation sites is 1. The zero-order valence-electron chi connectivity index (χ0n) is 14.8. The van der Waals surface area contributed by atoms with Crippen LogP contribution >= 0.6 is 0 Å². The third kappa shape index (κ3) is 3.21. The molecular weight excluding hydrogens is 324 g/mol. The summed E-state index contributed by atoms with van der Waals surface area (Å²) in [5.74, 6) is 1.80. The number of aryl methyl sites for hydroxylation is 1. The molecule has 0 radical (unpaired) electrons. The second-order valence-electron chi connectivity index (χ2n) is 6.58. The van der Waals surface area contributed by atoms with Crippen LogP contribution in [0.25, 0.3) is 10.9 Å². The van der Waals surface area contributed by atoms with Gasteiger partial charge in [-0.05, 0) is 43.2 Å². The van der Waals surface area contributed by atoms with E-state index in [1.807, 2.05) is 68.5 Å². The first-order chi connectivity index (χ1) is 12.6. The Hall–Kier alpha value is -3.05. The van der Waals surface area contributed by atoms with Gasteiger partial charge in [0.05, 0.1) is 12.1 Å². The second-order valence-corrected chi connectivity index (χ2v) is 6.58. The average molecular weight is 344 g/mol. The smallest absolute Gasteiger partial charge is 0.164 e. The van der Waals surface area contributed by atoms with Crippen LogP contribution in [0.2, 0.25) is 0 Å². The van der Waals surface area contributed by atoms with Crippen LogP contribution in [0.1, 0.15) is 30.0 Å². The number of rotatable bonds is 3. The van der Waals surface area contributed by atoms with E-state index in [1.165, 1.54) is 5.57 Å². The van der Waals surface area contributed by atoms with E-state index < -0.39 is 6.10 Å². The average Bonchev–Trinajstić information content (AvgIpc) is 3.06. The zero-order valence-corrected chi connectivity index (χ0v) is 14.8. The number of hydrogen-bond donors (Lipinski definition) is 2. The number of fused-ring (bicyclic) bond motifs is 1. The van der Waals surface area contributed by atoms with Gasteiger partial charge in [0, 0.05) is 5.39 Å². The van der Waals surface area contributed by atoms with Gasteiger partial charge in [-0.3, -0.25) is 4.99 Å². The molecule has 0 bridgehead atoms. The molecule has 0 spiro atoms. The van der Waals surface area contributed by atoms with Crippen LogP contribution in [0.3, 0.4) is 0 Å². The van der Waals surface area contributed by atoms with Crippen molar-refractivity contribution in [2.24, 2.45) is 4.99 Å². The fraction of sp³-hybridized carbons (Fsp3) is 0.190. The first kappa shape index (κ1) is 16.4. The highest BCUT2D eigenvalue weighted by Crippen LogP contribution is 2.26. The molecule has 5 heteroatoms. The van der Waals surface area contributed by atoms with Gasteiger partial charge < -0.3 is 10.4 Å². The summed E-state index contributed by atoms with van der Waals surface area (Å²) in [6, 6.07) is 15.5. The summed E-state index contributed by atoms with van der Waals surface area (Å²) in [4.78, 5) is 13.6. The van der Waals surface area contributed by atoms with Gasteiger partial charge in [0.15, 0.2) is 5.82 Å². The SMILES string of the molecule is CC1=CC(Nc2nc([C@@H](O)c3ccc(C)cc3)nc3ccccc23)=NC1. The molecule has 0 amide bonds. The molecule has 0 unspecified atom stereocenters. The number of anilines is 1. The summed E-state index contributed by atoms with van der Waals surface area (Å²) in [6.45, 7) is 4.76. The highest BCUT2D eigenvalue weighted by Gasteiger charge is 2.17. The zero-order chi connectivity index (χ0) is 18.1. The Labute approximate surface area is 152 Å². The maximum Gasteiger partial charge on any atom is 0.164 e. The van der Waals surface area contributed by atoms with E-state index >= 15 is 0 Å². The maximum absolute atomic E-state index is 10.8. The van der Waals surface area contributed by atoms with Crippen molar-refractivity contribution in [2.75, 3.05) is 11.9 Å². The lowest BCUT2D eigenvalue weighted by Crippen LogP contribution is -2.13. The third-order valence-corrected chi connectivity index (χ3v) is 4.39. The van der Waals surface area contributed by atoms with Gasteiger partial charge in [0.2, 0.25) is 0 Å². The van der Waals surface area contributed by atoms with Gasteiger partial charge in [0.25, 0.3) is 0 Å². The lowest BCUT2D eigenvalue weighted by Gasteiger charge is -2.14. The van der Waals surface area contributed by atoms with Gasteiger partial charge in [-0.15, -0.1) is 0 Å². The predicted molar refractivity (Wildman–Crippen MR) is 104 cm³/mol. The van der Waals surface area contributed by atoms with Crippen molar-refractivity contribution in [1.29, 1.82) is 0 Å². The largest absolute Gasteiger partial charge is 0.380 e. The minimum absolute atomic E-state index is 0.370. The van der Waals surface area contributed by atoms with Gasteiger partial charge in [-0.25, -0.2) is 9.97 Å². The Bertz CT molecular complexity index is 1020. The molecular formula is C21H20N4O. The summed E-state index contributed by atoms with van der Waals surface area (Å²) in [5, 5.41) is 15.0. The van der Waals surface area contributed by atoms with E-state index in [-0.39, 0.29) is 0 Å². The van der Waals surface area contributed by atoms with E-state index in [1.54, 1.807) is 0 Å². The Kier molecular flexibility index (Phi) is 4.22. The molecule has 1 aromatic heterocycles. The molecule has 5 nitrogen and oxygen atoms in total. The minimum atomic E-state index is -0.886. The van der Waals surface area contributed by atoms with Crippen LogP contribution in [0.4, 0.5) is 5.82 Å². The van der Waals surface area contributed by atoms with E-state index in [4.69, 9.17) is 0 Å².